The molecule has 2 aliphatic rings. The van der Waals surface area contributed by atoms with E-state index in [1.165, 1.54) is 11.3 Å². The number of hydrogen-bond acceptors (Lipinski definition) is 7. The normalized spacial score (nSPS) is 25.3. The number of aromatic nitrogens is 2. The van der Waals surface area contributed by atoms with E-state index < -0.39 is 0 Å². The number of carbonyl (C=O) groups is 1. The number of likely N-dealkylation sites (N-methyl/N-ethyl adjacent to an activating group) is 1. The molecule has 0 radical (unpaired) electrons. The van der Waals surface area contributed by atoms with Gasteiger partial charge in [-0.3, -0.25) is 9.69 Å². The van der Waals surface area contributed by atoms with Gasteiger partial charge in [-0.1, -0.05) is 11.2 Å². The first kappa shape index (κ1) is 15.7. The minimum Gasteiger partial charge on any atom is -0.337 e. The molecule has 2 aliphatic heterocycles. The number of hydrogen-bond donors (Lipinski definition) is 1. The number of thiophene rings is 1. The molecule has 0 bridgehead atoms. The van der Waals surface area contributed by atoms with E-state index in [1.807, 2.05) is 22.4 Å². The molecule has 0 spiro atoms. The highest BCUT2D eigenvalue weighted by Crippen LogP contribution is 2.33. The lowest BCUT2D eigenvalue weighted by Gasteiger charge is -2.30. The van der Waals surface area contributed by atoms with E-state index >= 15 is 0 Å². The van der Waals surface area contributed by atoms with E-state index in [0.717, 1.165) is 43.9 Å². The van der Waals surface area contributed by atoms with Gasteiger partial charge in [0.05, 0.1) is 10.9 Å². The second-order valence-electron chi connectivity index (χ2n) is 6.33. The van der Waals surface area contributed by atoms with Gasteiger partial charge in [-0.25, -0.2) is 0 Å². The summed E-state index contributed by atoms with van der Waals surface area (Å²) in [5, 5.41) is 9.48. The average Bonchev–Trinajstić information content (AvgIpc) is 3.34. The minimum atomic E-state index is -0.109. The van der Waals surface area contributed by atoms with Crippen LogP contribution >= 0.6 is 11.3 Å². The van der Waals surface area contributed by atoms with Crippen LogP contribution in [0.1, 0.15) is 46.3 Å². The van der Waals surface area contributed by atoms with Gasteiger partial charge in [0.25, 0.3) is 5.91 Å². The fraction of sp³-hybridized carbons (Fsp3) is 0.562. The predicted molar refractivity (Wildman–Crippen MR) is 89.9 cm³/mol. The molecule has 2 unspecified atom stereocenters. The molecule has 4 heterocycles. The van der Waals surface area contributed by atoms with Crippen LogP contribution in [-0.4, -0.2) is 59.1 Å². The Hall–Kier alpha value is -1.77. The summed E-state index contributed by atoms with van der Waals surface area (Å²) in [6.45, 7) is 3.49. The SMILES string of the molecule is CN1CCNCC1c1noc(C2CCCN2C(=O)c2cccs2)n1. The molecule has 2 fully saturated rings. The Kier molecular flexibility index (Phi) is 4.34. The second-order valence-corrected chi connectivity index (χ2v) is 7.27. The summed E-state index contributed by atoms with van der Waals surface area (Å²) in [7, 11) is 2.07. The lowest BCUT2D eigenvalue weighted by atomic mass is 10.2. The summed E-state index contributed by atoms with van der Waals surface area (Å²) in [6, 6.07) is 3.78. The Labute approximate surface area is 144 Å². The topological polar surface area (TPSA) is 74.5 Å². The maximum Gasteiger partial charge on any atom is 0.264 e. The molecule has 1 N–H and O–H groups in total. The van der Waals surface area contributed by atoms with Crippen molar-refractivity contribution in [2.45, 2.75) is 24.9 Å². The van der Waals surface area contributed by atoms with Crippen LogP contribution in [0.3, 0.4) is 0 Å². The largest absolute Gasteiger partial charge is 0.337 e. The Morgan fingerprint density at radius 1 is 1.42 bits per heavy atom. The van der Waals surface area contributed by atoms with Crippen LogP contribution in [0.4, 0.5) is 0 Å². The number of amides is 1. The van der Waals surface area contributed by atoms with Crippen molar-refractivity contribution >= 4 is 17.2 Å². The number of nitrogens with zero attached hydrogens (tertiary/aromatic N) is 4. The maximum absolute atomic E-state index is 12.7. The molecule has 24 heavy (non-hydrogen) atoms. The molecule has 2 aromatic rings. The summed E-state index contributed by atoms with van der Waals surface area (Å²) in [6.07, 6.45) is 1.84. The highest BCUT2D eigenvalue weighted by molar-refractivity contribution is 7.12. The fourth-order valence-corrected chi connectivity index (χ4v) is 4.10. The summed E-state index contributed by atoms with van der Waals surface area (Å²) in [5.74, 6) is 1.32. The molecule has 4 rings (SSSR count). The Balaban J connectivity index is 1.54. The van der Waals surface area contributed by atoms with E-state index in [1.54, 1.807) is 0 Å². The molecular weight excluding hydrogens is 326 g/mol. The highest BCUT2D eigenvalue weighted by atomic mass is 32.1. The number of piperazine rings is 1. The van der Waals surface area contributed by atoms with Gasteiger partial charge in [-0.15, -0.1) is 11.3 Å². The number of nitrogens with one attached hydrogen (secondary N) is 1. The zero-order valence-corrected chi connectivity index (χ0v) is 14.5. The summed E-state index contributed by atoms with van der Waals surface area (Å²) < 4.78 is 5.54. The first-order valence-corrected chi connectivity index (χ1v) is 9.21. The lowest BCUT2D eigenvalue weighted by molar-refractivity contribution is 0.0715. The van der Waals surface area contributed by atoms with E-state index in [-0.39, 0.29) is 18.0 Å². The Morgan fingerprint density at radius 3 is 3.12 bits per heavy atom. The van der Waals surface area contributed by atoms with Gasteiger partial charge in [-0.2, -0.15) is 4.98 Å². The summed E-state index contributed by atoms with van der Waals surface area (Å²) >= 11 is 1.47. The van der Waals surface area contributed by atoms with Crippen LogP contribution in [0.15, 0.2) is 22.0 Å². The van der Waals surface area contributed by atoms with Gasteiger partial charge in [0.2, 0.25) is 5.89 Å². The van der Waals surface area contributed by atoms with Crippen molar-refractivity contribution in [3.05, 3.63) is 34.1 Å². The van der Waals surface area contributed by atoms with Crippen molar-refractivity contribution < 1.29 is 9.32 Å². The van der Waals surface area contributed by atoms with Gasteiger partial charge in [0, 0.05) is 26.2 Å². The zero-order chi connectivity index (χ0) is 16.5. The van der Waals surface area contributed by atoms with E-state index in [9.17, 15) is 4.79 Å². The molecular formula is C16H21N5O2S. The van der Waals surface area contributed by atoms with Crippen LogP contribution in [0.2, 0.25) is 0 Å². The molecule has 2 aromatic heterocycles. The quantitative estimate of drug-likeness (QED) is 0.911. The molecule has 8 heteroatoms. The molecule has 7 nitrogen and oxygen atoms in total. The Bertz CT molecular complexity index is 701. The molecule has 128 valence electrons. The van der Waals surface area contributed by atoms with Crippen LogP contribution in [0.25, 0.3) is 0 Å². The third-order valence-electron chi connectivity index (χ3n) is 4.80. The van der Waals surface area contributed by atoms with Gasteiger partial charge in [-0.05, 0) is 31.3 Å². The third-order valence-corrected chi connectivity index (χ3v) is 5.66. The molecule has 0 saturated carbocycles. The maximum atomic E-state index is 12.7. The van der Waals surface area contributed by atoms with E-state index in [0.29, 0.717) is 11.7 Å². The van der Waals surface area contributed by atoms with Gasteiger partial charge in [0.15, 0.2) is 5.82 Å². The van der Waals surface area contributed by atoms with E-state index in [2.05, 4.69) is 27.4 Å². The van der Waals surface area contributed by atoms with Crippen LogP contribution in [0, 0.1) is 0 Å². The van der Waals surface area contributed by atoms with Crippen molar-refractivity contribution in [3.63, 3.8) is 0 Å². The molecule has 2 saturated heterocycles. The number of likely N-dealkylation sites (tertiary alicyclic amines) is 1. The van der Waals surface area contributed by atoms with Crippen molar-refractivity contribution in [3.8, 4) is 0 Å². The van der Waals surface area contributed by atoms with Crippen LogP contribution < -0.4 is 5.32 Å². The van der Waals surface area contributed by atoms with Crippen molar-refractivity contribution in [1.82, 2.24) is 25.3 Å². The van der Waals surface area contributed by atoms with Crippen molar-refractivity contribution in [2.75, 3.05) is 33.2 Å². The highest BCUT2D eigenvalue weighted by Gasteiger charge is 2.36. The molecule has 0 aromatic carbocycles. The second kappa shape index (κ2) is 6.62. The molecule has 0 aliphatic carbocycles. The minimum absolute atomic E-state index is 0.0590. The monoisotopic (exact) mass is 347 g/mol. The molecule has 1 amide bonds. The van der Waals surface area contributed by atoms with Crippen molar-refractivity contribution in [2.24, 2.45) is 0 Å². The first-order chi connectivity index (χ1) is 11.7. The van der Waals surface area contributed by atoms with Gasteiger partial charge >= 0.3 is 0 Å². The first-order valence-electron chi connectivity index (χ1n) is 8.33. The number of carbonyl (C=O) groups excluding carboxylic acids is 1. The Morgan fingerprint density at radius 2 is 2.33 bits per heavy atom. The van der Waals surface area contributed by atoms with Crippen molar-refractivity contribution in [1.29, 1.82) is 0 Å². The van der Waals surface area contributed by atoms with Gasteiger partial charge < -0.3 is 14.7 Å². The molecule has 2 atom stereocenters. The smallest absolute Gasteiger partial charge is 0.264 e. The van der Waals surface area contributed by atoms with E-state index in [4.69, 9.17) is 4.52 Å². The summed E-state index contributed by atoms with van der Waals surface area (Å²) in [5.41, 5.74) is 0. The number of rotatable bonds is 3. The third kappa shape index (κ3) is 2.85. The zero-order valence-electron chi connectivity index (χ0n) is 13.6. The lowest BCUT2D eigenvalue weighted by Crippen LogP contribution is -2.44. The summed E-state index contributed by atoms with van der Waals surface area (Å²) in [4.78, 5) is 22.2. The van der Waals surface area contributed by atoms with Crippen LogP contribution in [0.5, 0.6) is 0 Å². The average molecular weight is 347 g/mol. The van der Waals surface area contributed by atoms with Crippen LogP contribution in [-0.2, 0) is 0 Å². The fourth-order valence-electron chi connectivity index (χ4n) is 3.42. The predicted octanol–water partition coefficient (Wildman–Crippen LogP) is 1.68. The standard InChI is InChI=1S/C16H21N5O2S/c1-20-8-6-17-10-12(20)14-18-15(23-19-14)11-4-2-7-21(11)16(22)13-5-3-9-24-13/h3,5,9,11-12,17H,2,4,6-8,10H2,1H3. The van der Waals surface area contributed by atoms with Gasteiger partial charge in [0.1, 0.15) is 6.04 Å².